The summed E-state index contributed by atoms with van der Waals surface area (Å²) >= 11 is 0. The van der Waals surface area contributed by atoms with Crippen LogP contribution in [0.15, 0.2) is 48.5 Å². The smallest absolute Gasteiger partial charge is 0.140 e. The minimum Gasteiger partial charge on any atom is -0.324 e. The number of aryl methyl sites for hydroxylation is 2. The van der Waals surface area contributed by atoms with Crippen LogP contribution in [0.1, 0.15) is 61.8 Å². The van der Waals surface area contributed by atoms with Crippen molar-refractivity contribution >= 4 is 0 Å². The molecule has 2 heteroatoms. The maximum Gasteiger partial charge on any atom is 0.140 e. The van der Waals surface area contributed by atoms with Crippen LogP contribution in [0.3, 0.4) is 0 Å². The average molecular weight is 359 g/mol. The van der Waals surface area contributed by atoms with Gasteiger partial charge in [0, 0.05) is 23.6 Å². The van der Waals surface area contributed by atoms with Gasteiger partial charge in [-0.2, -0.15) is 0 Å². The molecule has 1 saturated carbocycles. The lowest BCUT2D eigenvalue weighted by Crippen LogP contribution is -2.07. The molecule has 27 heavy (non-hydrogen) atoms. The number of imidazole rings is 1. The molecule has 1 aliphatic carbocycles. The number of aromatic nitrogens is 2. The van der Waals surface area contributed by atoms with Crippen molar-refractivity contribution in [2.75, 3.05) is 0 Å². The molecule has 0 atom stereocenters. The summed E-state index contributed by atoms with van der Waals surface area (Å²) in [5, 5.41) is 0. The molecule has 0 amide bonds. The zero-order valence-corrected chi connectivity index (χ0v) is 16.8. The van der Waals surface area contributed by atoms with Crippen molar-refractivity contribution in [2.24, 2.45) is 0 Å². The number of rotatable bonds is 4. The van der Waals surface area contributed by atoms with E-state index in [1.807, 2.05) is 0 Å². The van der Waals surface area contributed by atoms with Crippen LogP contribution in [0.25, 0.3) is 22.6 Å². The minimum atomic E-state index is 0.590. The fourth-order valence-electron chi connectivity index (χ4n) is 4.38. The monoisotopic (exact) mass is 358 g/mol. The third-order valence-corrected chi connectivity index (χ3v) is 5.94. The van der Waals surface area contributed by atoms with Gasteiger partial charge in [0.25, 0.3) is 0 Å². The summed E-state index contributed by atoms with van der Waals surface area (Å²) in [6.45, 7) is 7.47. The Morgan fingerprint density at radius 1 is 0.815 bits per heavy atom. The highest BCUT2D eigenvalue weighted by Gasteiger charge is 2.26. The molecular formula is C25H30N2. The molecule has 0 spiro atoms. The lowest BCUT2D eigenvalue weighted by molar-refractivity contribution is 0.438. The van der Waals surface area contributed by atoms with E-state index < -0.39 is 0 Å². The molecule has 2 nitrogen and oxygen atoms in total. The van der Waals surface area contributed by atoms with E-state index in [-0.39, 0.29) is 0 Å². The molecule has 1 fully saturated rings. The van der Waals surface area contributed by atoms with Gasteiger partial charge in [-0.1, -0.05) is 78.9 Å². The SMILES string of the molecule is CCn1c(-c2ccc(C)cc2)nc(C2CCCCC2)c1-c1ccc(C)cc1. The Kier molecular flexibility index (Phi) is 5.15. The maximum atomic E-state index is 5.27. The topological polar surface area (TPSA) is 17.8 Å². The summed E-state index contributed by atoms with van der Waals surface area (Å²) in [6.07, 6.45) is 6.57. The summed E-state index contributed by atoms with van der Waals surface area (Å²) in [6, 6.07) is 17.8. The third-order valence-electron chi connectivity index (χ3n) is 5.94. The van der Waals surface area contributed by atoms with E-state index in [1.165, 1.54) is 65.7 Å². The first-order valence-corrected chi connectivity index (χ1v) is 10.4. The highest BCUT2D eigenvalue weighted by Crippen LogP contribution is 2.40. The molecule has 0 N–H and O–H groups in total. The van der Waals surface area contributed by atoms with Crippen LogP contribution in [0, 0.1) is 13.8 Å². The highest BCUT2D eigenvalue weighted by atomic mass is 15.1. The van der Waals surface area contributed by atoms with Crippen molar-refractivity contribution in [1.82, 2.24) is 9.55 Å². The molecule has 3 aromatic rings. The fourth-order valence-corrected chi connectivity index (χ4v) is 4.38. The van der Waals surface area contributed by atoms with Crippen LogP contribution < -0.4 is 0 Å². The van der Waals surface area contributed by atoms with Crippen LogP contribution in [-0.2, 0) is 6.54 Å². The van der Waals surface area contributed by atoms with Crippen molar-refractivity contribution in [3.8, 4) is 22.6 Å². The first kappa shape index (κ1) is 18.0. The van der Waals surface area contributed by atoms with Gasteiger partial charge in [0.05, 0.1) is 11.4 Å². The Hall–Kier alpha value is -2.35. The second-order valence-electron chi connectivity index (χ2n) is 7.98. The second kappa shape index (κ2) is 7.72. The summed E-state index contributed by atoms with van der Waals surface area (Å²) < 4.78 is 2.43. The molecule has 1 heterocycles. The van der Waals surface area contributed by atoms with E-state index in [4.69, 9.17) is 4.98 Å². The first-order valence-electron chi connectivity index (χ1n) is 10.4. The van der Waals surface area contributed by atoms with Crippen LogP contribution in [0.2, 0.25) is 0 Å². The Labute approximate surface area is 163 Å². The lowest BCUT2D eigenvalue weighted by atomic mass is 9.85. The average Bonchev–Trinajstić information content (AvgIpc) is 3.09. The molecule has 2 aromatic carbocycles. The first-order chi connectivity index (χ1) is 13.2. The Morgan fingerprint density at radius 3 is 1.93 bits per heavy atom. The molecule has 1 aromatic heterocycles. The van der Waals surface area contributed by atoms with Crippen LogP contribution >= 0.6 is 0 Å². The number of benzene rings is 2. The molecule has 140 valence electrons. The van der Waals surface area contributed by atoms with Crippen molar-refractivity contribution in [2.45, 2.75) is 65.3 Å². The van der Waals surface area contributed by atoms with E-state index in [1.54, 1.807) is 0 Å². The van der Waals surface area contributed by atoms with Gasteiger partial charge >= 0.3 is 0 Å². The van der Waals surface area contributed by atoms with Gasteiger partial charge in [0.15, 0.2) is 0 Å². The van der Waals surface area contributed by atoms with E-state index in [9.17, 15) is 0 Å². The predicted molar refractivity (Wildman–Crippen MR) is 114 cm³/mol. The van der Waals surface area contributed by atoms with Gasteiger partial charge in [0.1, 0.15) is 5.82 Å². The number of nitrogens with zero attached hydrogens (tertiary/aromatic N) is 2. The third kappa shape index (κ3) is 3.58. The maximum absolute atomic E-state index is 5.27. The van der Waals surface area contributed by atoms with E-state index in [0.29, 0.717) is 5.92 Å². The Morgan fingerprint density at radius 2 is 1.37 bits per heavy atom. The minimum absolute atomic E-state index is 0.590. The molecule has 1 aliphatic rings. The fraction of sp³-hybridized carbons (Fsp3) is 0.400. The van der Waals surface area contributed by atoms with Gasteiger partial charge in [0.2, 0.25) is 0 Å². The Balaban J connectivity index is 1.90. The molecule has 0 saturated heterocycles. The van der Waals surface area contributed by atoms with Gasteiger partial charge in [-0.3, -0.25) is 0 Å². The zero-order valence-electron chi connectivity index (χ0n) is 16.8. The van der Waals surface area contributed by atoms with E-state index in [0.717, 1.165) is 12.4 Å². The largest absolute Gasteiger partial charge is 0.324 e. The molecule has 0 unspecified atom stereocenters. The van der Waals surface area contributed by atoms with Gasteiger partial charge < -0.3 is 4.57 Å². The summed E-state index contributed by atoms with van der Waals surface area (Å²) in [5.41, 5.74) is 7.77. The van der Waals surface area contributed by atoms with Crippen molar-refractivity contribution in [1.29, 1.82) is 0 Å². The van der Waals surface area contributed by atoms with Gasteiger partial charge in [-0.25, -0.2) is 4.98 Å². The van der Waals surface area contributed by atoms with Crippen LogP contribution in [0.5, 0.6) is 0 Å². The summed E-state index contributed by atoms with van der Waals surface area (Å²) in [5.74, 6) is 1.71. The van der Waals surface area contributed by atoms with Crippen molar-refractivity contribution < 1.29 is 0 Å². The zero-order chi connectivity index (χ0) is 18.8. The standard InChI is InChI=1S/C25H30N2/c1-4-27-24(21-14-10-18(2)11-15-21)23(20-8-6-5-7-9-20)26-25(27)22-16-12-19(3)13-17-22/h10-17,20H,4-9H2,1-3H3. The molecule has 0 radical (unpaired) electrons. The molecular weight excluding hydrogens is 328 g/mol. The quantitative estimate of drug-likeness (QED) is 0.496. The Bertz CT molecular complexity index is 895. The van der Waals surface area contributed by atoms with E-state index >= 15 is 0 Å². The second-order valence-corrected chi connectivity index (χ2v) is 7.98. The normalized spacial score (nSPS) is 15.2. The summed E-state index contributed by atoms with van der Waals surface area (Å²) in [4.78, 5) is 5.27. The lowest BCUT2D eigenvalue weighted by Gasteiger charge is -2.21. The summed E-state index contributed by atoms with van der Waals surface area (Å²) in [7, 11) is 0. The highest BCUT2D eigenvalue weighted by molar-refractivity contribution is 5.70. The van der Waals surface area contributed by atoms with Gasteiger partial charge in [-0.05, 0) is 33.6 Å². The molecule has 0 bridgehead atoms. The molecule has 0 aliphatic heterocycles. The van der Waals surface area contributed by atoms with Crippen molar-refractivity contribution in [3.05, 3.63) is 65.4 Å². The predicted octanol–water partition coefficient (Wildman–Crippen LogP) is 6.90. The number of hydrogen-bond donors (Lipinski definition) is 0. The van der Waals surface area contributed by atoms with Gasteiger partial charge in [-0.15, -0.1) is 0 Å². The molecule has 4 rings (SSSR count). The van der Waals surface area contributed by atoms with Crippen LogP contribution in [0.4, 0.5) is 0 Å². The van der Waals surface area contributed by atoms with Crippen LogP contribution in [-0.4, -0.2) is 9.55 Å². The van der Waals surface area contributed by atoms with E-state index in [2.05, 4.69) is 73.9 Å². The van der Waals surface area contributed by atoms with Crippen molar-refractivity contribution in [3.63, 3.8) is 0 Å². The number of hydrogen-bond acceptors (Lipinski definition) is 1.